The van der Waals surface area contributed by atoms with Gasteiger partial charge >= 0.3 is 23.9 Å². The zero-order valence-corrected chi connectivity index (χ0v) is 8.26. The van der Waals surface area contributed by atoms with Gasteiger partial charge in [-0.3, -0.25) is 0 Å². The van der Waals surface area contributed by atoms with Gasteiger partial charge in [0.25, 0.3) is 0 Å². The Hall–Kier alpha value is 1.59. The molecule has 0 aliphatic rings. The summed E-state index contributed by atoms with van der Waals surface area (Å²) in [5.74, 6) is 0. The van der Waals surface area contributed by atoms with Crippen LogP contribution in [0, 0.1) is 0 Å². The maximum absolute atomic E-state index is 0. The van der Waals surface area contributed by atoms with Gasteiger partial charge in [0.2, 0.25) is 0 Å². The summed E-state index contributed by atoms with van der Waals surface area (Å²) < 4.78 is 0. The first kappa shape index (κ1) is 46.6. The minimum atomic E-state index is 0. The molecule has 0 unspecified atom stereocenters. The van der Waals surface area contributed by atoms with Crippen molar-refractivity contribution < 1.29 is 36.8 Å². The fourth-order valence-corrected chi connectivity index (χ4v) is 0. The van der Waals surface area contributed by atoms with Crippen LogP contribution in [-0.2, 0) is 36.8 Å². The molecule has 0 rings (SSSR count). The van der Waals surface area contributed by atoms with Crippen LogP contribution in [0.25, 0.3) is 0 Å². The van der Waals surface area contributed by atoms with Crippen LogP contribution in [0.1, 0.15) is 0 Å². The summed E-state index contributed by atoms with van der Waals surface area (Å²) in [6.45, 7) is 0. The molecule has 0 saturated heterocycles. The van der Waals surface area contributed by atoms with Crippen molar-refractivity contribution in [3.8, 4) is 0 Å². The van der Waals surface area contributed by atoms with E-state index in [9.17, 15) is 0 Å². The van der Waals surface area contributed by atoms with Crippen molar-refractivity contribution in [1.29, 1.82) is 0 Å². The minimum Gasteiger partial charge on any atom is -2.00 e. The van der Waals surface area contributed by atoms with Crippen molar-refractivity contribution in [2.45, 2.75) is 0 Å². The van der Waals surface area contributed by atoms with Gasteiger partial charge in [0.1, 0.15) is 0 Å². The third-order valence-electron chi connectivity index (χ3n) is 0. The molecule has 0 amide bonds. The van der Waals surface area contributed by atoms with E-state index in [1.165, 1.54) is 0 Å². The average molecular weight is 329 g/mol. The molecule has 0 bridgehead atoms. The van der Waals surface area contributed by atoms with E-state index in [1.54, 1.807) is 0 Å². The van der Waals surface area contributed by atoms with Gasteiger partial charge in [0.15, 0.2) is 0 Å². The van der Waals surface area contributed by atoms with Crippen molar-refractivity contribution in [3.05, 3.63) is 0 Å². The maximum Gasteiger partial charge on any atom is 4.00 e. The van der Waals surface area contributed by atoms with Gasteiger partial charge in [-0.15, -0.1) is 0 Å². The van der Waals surface area contributed by atoms with Gasteiger partial charge in [-0.05, 0) is 0 Å². The monoisotopic (exact) mass is 332 g/mol. The van der Waals surface area contributed by atoms with E-state index in [0.717, 1.165) is 0 Å². The molecule has 0 saturated carbocycles. The Bertz CT molecular complexity index is 6.00. The smallest absolute Gasteiger partial charge is 2.00 e. The van der Waals surface area contributed by atoms with Crippen LogP contribution in [0.15, 0.2) is 0 Å². The van der Waals surface area contributed by atoms with E-state index >= 15 is 0 Å². The van der Waals surface area contributed by atoms with Crippen LogP contribution in [0.5, 0.6) is 0 Å². The summed E-state index contributed by atoms with van der Waals surface area (Å²) in [7, 11) is 0. The molecular formula is HfO2Sn. The largest absolute Gasteiger partial charge is 4.00 e. The average Bonchev–Trinajstić information content (AvgIpc) is 0. The zero-order valence-electron chi connectivity index (χ0n) is 1.82. The normalized spacial score (nSPS) is 0. The van der Waals surface area contributed by atoms with Gasteiger partial charge in [0, 0.05) is 25.8 Å². The molecule has 0 radical (unpaired) electrons. The zero-order chi connectivity index (χ0) is 0. The molecule has 0 atom stereocenters. The first-order chi connectivity index (χ1) is 0. The number of rotatable bonds is 0. The van der Waals surface area contributed by atoms with Crippen LogP contribution in [-0.4, -0.2) is 23.9 Å². The summed E-state index contributed by atoms with van der Waals surface area (Å²) >= 11 is 0. The van der Waals surface area contributed by atoms with Crippen LogP contribution >= 0.6 is 0 Å². The molecule has 0 aromatic carbocycles. The van der Waals surface area contributed by atoms with Crippen molar-refractivity contribution >= 4 is 23.9 Å². The minimum absolute atomic E-state index is 0. The fraction of sp³-hybridized carbons (Fsp3) is 0. The van der Waals surface area contributed by atoms with E-state index in [2.05, 4.69) is 0 Å². The third kappa shape index (κ3) is 9.53. The molecule has 4 heteroatoms. The summed E-state index contributed by atoms with van der Waals surface area (Å²) in [5, 5.41) is 0. The molecule has 20 valence electrons. The van der Waals surface area contributed by atoms with Crippen molar-refractivity contribution in [1.82, 2.24) is 0 Å². The van der Waals surface area contributed by atoms with Gasteiger partial charge in [-0.2, -0.15) is 0 Å². The SMILES string of the molecule is [Hf].[O-2].[O-2].[Sn+4]. The van der Waals surface area contributed by atoms with E-state index in [4.69, 9.17) is 0 Å². The summed E-state index contributed by atoms with van der Waals surface area (Å²) in [4.78, 5) is 0. The molecule has 0 aromatic heterocycles. The van der Waals surface area contributed by atoms with Crippen LogP contribution < -0.4 is 0 Å². The van der Waals surface area contributed by atoms with E-state index < -0.39 is 0 Å². The van der Waals surface area contributed by atoms with Crippen molar-refractivity contribution in [3.63, 3.8) is 0 Å². The Morgan fingerprint density at radius 1 is 0.750 bits per heavy atom. The molecular weight excluding hydrogens is 329 g/mol. The Labute approximate surface area is 60.3 Å². The molecule has 0 fully saturated rings. The predicted molar refractivity (Wildman–Crippen MR) is 7.13 cm³/mol. The molecule has 0 spiro atoms. The standard InChI is InChI=1S/Hf.2O.Sn/q;2*-2;+4. The van der Waals surface area contributed by atoms with Gasteiger partial charge in [-0.1, -0.05) is 0 Å². The maximum atomic E-state index is 0. The number of hydrogen-bond acceptors (Lipinski definition) is 0. The fourth-order valence-electron chi connectivity index (χ4n) is 0. The second-order valence-corrected chi connectivity index (χ2v) is 0. The molecule has 4 heavy (non-hydrogen) atoms. The Balaban J connectivity index is 0. The van der Waals surface area contributed by atoms with Crippen molar-refractivity contribution in [2.75, 3.05) is 0 Å². The third-order valence-corrected chi connectivity index (χ3v) is 0. The molecule has 0 heterocycles. The first-order valence-electron chi connectivity index (χ1n) is 0. The molecule has 0 aromatic rings. The molecule has 2 nitrogen and oxygen atoms in total. The van der Waals surface area contributed by atoms with Gasteiger partial charge in [-0.25, -0.2) is 0 Å². The Kier molecular flexibility index (Phi) is 273. The molecule has 0 aliphatic carbocycles. The summed E-state index contributed by atoms with van der Waals surface area (Å²) in [6.07, 6.45) is 0. The molecule has 0 aliphatic heterocycles. The predicted octanol–water partition coefficient (Wildman–Crippen LogP) is -0.621. The Morgan fingerprint density at radius 2 is 0.750 bits per heavy atom. The topological polar surface area (TPSA) is 57.0 Å². The van der Waals surface area contributed by atoms with Gasteiger partial charge < -0.3 is 11.0 Å². The van der Waals surface area contributed by atoms with E-state index in [0.29, 0.717) is 0 Å². The second-order valence-electron chi connectivity index (χ2n) is 0. The quantitative estimate of drug-likeness (QED) is 0.532. The van der Waals surface area contributed by atoms with Crippen molar-refractivity contribution in [2.24, 2.45) is 0 Å². The van der Waals surface area contributed by atoms with E-state index in [1.807, 2.05) is 0 Å². The summed E-state index contributed by atoms with van der Waals surface area (Å²) in [6, 6.07) is 0. The van der Waals surface area contributed by atoms with E-state index in [-0.39, 0.29) is 60.7 Å². The molecule has 0 N–H and O–H groups in total. The van der Waals surface area contributed by atoms with Crippen LogP contribution in [0.4, 0.5) is 0 Å². The van der Waals surface area contributed by atoms with Gasteiger partial charge in [0.05, 0.1) is 0 Å². The first-order valence-corrected chi connectivity index (χ1v) is 0. The number of hydrogen-bond donors (Lipinski definition) is 0. The summed E-state index contributed by atoms with van der Waals surface area (Å²) in [5.41, 5.74) is 0. The van der Waals surface area contributed by atoms with Crippen LogP contribution in [0.3, 0.4) is 0 Å². The van der Waals surface area contributed by atoms with Crippen LogP contribution in [0.2, 0.25) is 0 Å². The second kappa shape index (κ2) is 23.4. The Morgan fingerprint density at radius 3 is 0.750 bits per heavy atom.